The molecule has 1 saturated carbocycles. The maximum Gasteiger partial charge on any atom is 0.123 e. The summed E-state index contributed by atoms with van der Waals surface area (Å²) < 4.78 is 21.2. The maximum atomic E-state index is 5.57. The number of hydrogen-bond donors (Lipinski definition) is 1. The Morgan fingerprint density at radius 2 is 2.00 bits per heavy atom. The molecule has 0 spiro atoms. The van der Waals surface area contributed by atoms with E-state index in [4.69, 9.17) is 18.6 Å². The fourth-order valence-corrected chi connectivity index (χ4v) is 1.72. The van der Waals surface area contributed by atoms with Crippen LogP contribution in [0.15, 0.2) is 16.7 Å². The van der Waals surface area contributed by atoms with Gasteiger partial charge in [0.05, 0.1) is 45.8 Å². The van der Waals surface area contributed by atoms with E-state index >= 15 is 0 Å². The molecule has 19 heavy (non-hydrogen) atoms. The Hall–Kier alpha value is -0.880. The molecule has 0 bridgehead atoms. The van der Waals surface area contributed by atoms with Crippen LogP contribution in [0.25, 0.3) is 0 Å². The van der Waals surface area contributed by atoms with E-state index in [-0.39, 0.29) is 0 Å². The highest BCUT2D eigenvalue weighted by Gasteiger charge is 2.21. The molecule has 1 aliphatic rings. The van der Waals surface area contributed by atoms with Gasteiger partial charge in [-0.15, -0.1) is 0 Å². The average molecular weight is 269 g/mol. The minimum absolute atomic E-state index is 0.575. The van der Waals surface area contributed by atoms with E-state index in [1.54, 1.807) is 13.4 Å². The van der Waals surface area contributed by atoms with Gasteiger partial charge in [0.15, 0.2) is 0 Å². The molecule has 0 saturated heterocycles. The molecule has 1 fully saturated rings. The molecule has 0 atom stereocenters. The molecule has 1 aliphatic carbocycles. The van der Waals surface area contributed by atoms with Gasteiger partial charge in [0.25, 0.3) is 0 Å². The Kier molecular flexibility index (Phi) is 6.36. The van der Waals surface area contributed by atoms with Crippen LogP contribution in [0.5, 0.6) is 0 Å². The third-order valence-electron chi connectivity index (χ3n) is 3.03. The van der Waals surface area contributed by atoms with Crippen LogP contribution >= 0.6 is 0 Å². The smallest absolute Gasteiger partial charge is 0.123 e. The molecule has 1 N–H and O–H groups in total. The second kappa shape index (κ2) is 8.32. The van der Waals surface area contributed by atoms with Crippen LogP contribution in [0.3, 0.4) is 0 Å². The zero-order chi connectivity index (χ0) is 13.3. The molecule has 0 unspecified atom stereocenters. The second-order valence-electron chi connectivity index (χ2n) is 4.68. The Labute approximate surface area is 114 Å². The summed E-state index contributed by atoms with van der Waals surface area (Å²) in [6, 6.07) is 2.66. The van der Waals surface area contributed by atoms with Crippen molar-refractivity contribution >= 4 is 0 Å². The van der Waals surface area contributed by atoms with Crippen molar-refractivity contribution in [1.82, 2.24) is 5.32 Å². The predicted octanol–water partition coefficient (Wildman–Crippen LogP) is 1.71. The van der Waals surface area contributed by atoms with Crippen molar-refractivity contribution in [1.29, 1.82) is 0 Å². The molecular weight excluding hydrogens is 246 g/mol. The molecule has 108 valence electrons. The van der Waals surface area contributed by atoms with Crippen LogP contribution in [0.4, 0.5) is 0 Å². The molecule has 5 nitrogen and oxygen atoms in total. The lowest BCUT2D eigenvalue weighted by Crippen LogP contribution is -2.16. The van der Waals surface area contributed by atoms with Gasteiger partial charge in [-0.1, -0.05) is 0 Å². The Balaban J connectivity index is 1.55. The number of nitrogens with one attached hydrogen (secondary N) is 1. The summed E-state index contributed by atoms with van der Waals surface area (Å²) in [6.45, 7) is 3.79. The second-order valence-corrected chi connectivity index (χ2v) is 4.68. The van der Waals surface area contributed by atoms with E-state index in [1.807, 2.05) is 6.07 Å². The quantitative estimate of drug-likeness (QED) is 0.620. The zero-order valence-corrected chi connectivity index (χ0v) is 11.5. The van der Waals surface area contributed by atoms with Gasteiger partial charge in [-0.3, -0.25) is 0 Å². The van der Waals surface area contributed by atoms with Crippen molar-refractivity contribution in [3.8, 4) is 0 Å². The number of ether oxygens (including phenoxy) is 3. The van der Waals surface area contributed by atoms with E-state index in [9.17, 15) is 0 Å². The first-order valence-electron chi connectivity index (χ1n) is 6.83. The number of hydrogen-bond acceptors (Lipinski definition) is 5. The van der Waals surface area contributed by atoms with Crippen molar-refractivity contribution < 1.29 is 18.6 Å². The summed E-state index contributed by atoms with van der Waals surface area (Å²) in [5, 5.41) is 3.44. The lowest BCUT2D eigenvalue weighted by Gasteiger charge is -2.06. The summed E-state index contributed by atoms with van der Waals surface area (Å²) in [5.41, 5.74) is 1.12. The molecule has 0 radical (unpaired) electrons. The van der Waals surface area contributed by atoms with Crippen molar-refractivity contribution in [2.45, 2.75) is 32.0 Å². The van der Waals surface area contributed by atoms with Gasteiger partial charge in [-0.25, -0.2) is 0 Å². The molecule has 0 aliphatic heterocycles. The first kappa shape index (κ1) is 14.5. The van der Waals surface area contributed by atoms with Gasteiger partial charge >= 0.3 is 0 Å². The fourth-order valence-electron chi connectivity index (χ4n) is 1.72. The molecule has 0 aromatic carbocycles. The van der Waals surface area contributed by atoms with Crippen LogP contribution in [-0.2, 0) is 27.4 Å². The number of methoxy groups -OCH3 is 1. The minimum Gasteiger partial charge on any atom is -0.468 e. The van der Waals surface area contributed by atoms with E-state index in [0.29, 0.717) is 39.1 Å². The van der Waals surface area contributed by atoms with Crippen LogP contribution in [0.1, 0.15) is 24.2 Å². The van der Waals surface area contributed by atoms with Crippen LogP contribution in [0, 0.1) is 0 Å². The van der Waals surface area contributed by atoms with Gasteiger partial charge in [-0.2, -0.15) is 0 Å². The van der Waals surface area contributed by atoms with Gasteiger partial charge in [-0.05, 0) is 18.9 Å². The van der Waals surface area contributed by atoms with Crippen molar-refractivity contribution in [2.24, 2.45) is 0 Å². The highest BCUT2D eigenvalue weighted by atomic mass is 16.5. The average Bonchev–Trinajstić information content (AvgIpc) is 3.15. The Morgan fingerprint density at radius 3 is 2.79 bits per heavy atom. The predicted molar refractivity (Wildman–Crippen MR) is 70.9 cm³/mol. The standard InChI is InChI=1S/C14H23NO4/c1-16-6-7-17-8-9-18-11-12-4-5-19-14(12)10-15-13-2-3-13/h4-5,13,15H,2-3,6-11H2,1H3. The molecular formula is C14H23NO4. The summed E-state index contributed by atoms with van der Waals surface area (Å²) in [4.78, 5) is 0. The zero-order valence-electron chi connectivity index (χ0n) is 11.5. The molecule has 0 amide bonds. The summed E-state index contributed by atoms with van der Waals surface area (Å²) >= 11 is 0. The molecule has 1 aromatic heterocycles. The minimum atomic E-state index is 0.575. The van der Waals surface area contributed by atoms with Crippen molar-refractivity contribution in [3.63, 3.8) is 0 Å². The summed E-state index contributed by atoms with van der Waals surface area (Å²) in [5.74, 6) is 0.979. The third-order valence-corrected chi connectivity index (χ3v) is 3.03. The number of furan rings is 1. The Bertz CT molecular complexity index is 349. The van der Waals surface area contributed by atoms with Gasteiger partial charge in [0.2, 0.25) is 0 Å². The van der Waals surface area contributed by atoms with E-state index < -0.39 is 0 Å². The van der Waals surface area contributed by atoms with E-state index in [0.717, 1.165) is 17.9 Å². The van der Waals surface area contributed by atoms with Crippen LogP contribution in [0.2, 0.25) is 0 Å². The van der Waals surface area contributed by atoms with E-state index in [1.165, 1.54) is 12.8 Å². The monoisotopic (exact) mass is 269 g/mol. The van der Waals surface area contributed by atoms with Crippen LogP contribution < -0.4 is 5.32 Å². The molecule has 1 aromatic rings. The fraction of sp³-hybridized carbons (Fsp3) is 0.714. The van der Waals surface area contributed by atoms with Crippen LogP contribution in [-0.4, -0.2) is 39.6 Å². The molecule has 1 heterocycles. The van der Waals surface area contributed by atoms with Crippen molar-refractivity contribution in [2.75, 3.05) is 33.5 Å². The lowest BCUT2D eigenvalue weighted by molar-refractivity contribution is 0.0196. The molecule has 2 rings (SSSR count). The summed E-state index contributed by atoms with van der Waals surface area (Å²) in [7, 11) is 1.66. The van der Waals surface area contributed by atoms with Crippen molar-refractivity contribution in [3.05, 3.63) is 23.7 Å². The molecule has 5 heteroatoms. The lowest BCUT2D eigenvalue weighted by atomic mass is 10.2. The highest BCUT2D eigenvalue weighted by molar-refractivity contribution is 5.16. The topological polar surface area (TPSA) is 52.9 Å². The SMILES string of the molecule is COCCOCCOCc1ccoc1CNC1CC1. The summed E-state index contributed by atoms with van der Waals surface area (Å²) in [6.07, 6.45) is 4.29. The van der Waals surface area contributed by atoms with Gasteiger partial charge in [0, 0.05) is 18.7 Å². The van der Waals surface area contributed by atoms with Gasteiger partial charge in [0.1, 0.15) is 5.76 Å². The first-order valence-corrected chi connectivity index (χ1v) is 6.83. The third kappa shape index (κ3) is 5.74. The Morgan fingerprint density at radius 1 is 1.21 bits per heavy atom. The highest BCUT2D eigenvalue weighted by Crippen LogP contribution is 2.20. The van der Waals surface area contributed by atoms with Gasteiger partial charge < -0.3 is 23.9 Å². The number of rotatable bonds is 11. The largest absolute Gasteiger partial charge is 0.468 e. The maximum absolute atomic E-state index is 5.57. The normalized spacial score (nSPS) is 15.0. The first-order chi connectivity index (χ1) is 9.40. The van der Waals surface area contributed by atoms with E-state index in [2.05, 4.69) is 5.32 Å².